The second-order valence-corrected chi connectivity index (χ2v) is 5.32. The Kier molecular flexibility index (Phi) is 2.94. The van der Waals surface area contributed by atoms with Gasteiger partial charge in [-0.15, -0.1) is 0 Å². The summed E-state index contributed by atoms with van der Waals surface area (Å²) in [5, 5.41) is 5.05. The maximum Gasteiger partial charge on any atom is 0.237 e. The van der Waals surface area contributed by atoms with Crippen LogP contribution in [0.4, 0.5) is 0 Å². The van der Waals surface area contributed by atoms with Crippen molar-refractivity contribution in [2.75, 3.05) is 0 Å². The Balaban J connectivity index is 2.19. The summed E-state index contributed by atoms with van der Waals surface area (Å²) in [6.45, 7) is 0. The minimum Gasteiger partial charge on any atom is -0.225 e. The van der Waals surface area contributed by atoms with E-state index in [0.29, 0.717) is 6.42 Å². The summed E-state index contributed by atoms with van der Waals surface area (Å²) in [6, 6.07) is 9.97. The highest BCUT2D eigenvalue weighted by Gasteiger charge is 2.16. The van der Waals surface area contributed by atoms with Crippen molar-refractivity contribution in [3.63, 3.8) is 0 Å². The molecule has 3 nitrogen and oxygen atoms in total. The van der Waals surface area contributed by atoms with Gasteiger partial charge >= 0.3 is 0 Å². The van der Waals surface area contributed by atoms with E-state index in [2.05, 4.69) is 0 Å². The second-order valence-electron chi connectivity index (χ2n) is 3.76. The highest BCUT2D eigenvalue weighted by atomic mass is 32.2. The Hall–Kier alpha value is -1.39. The van der Waals surface area contributed by atoms with Crippen molar-refractivity contribution in [1.82, 2.24) is 0 Å². The van der Waals surface area contributed by atoms with Crippen molar-refractivity contribution in [2.45, 2.75) is 12.3 Å². The lowest BCUT2D eigenvalue weighted by molar-refractivity contribution is 0.604. The molecule has 4 heteroatoms. The molecule has 1 atom stereocenters. The van der Waals surface area contributed by atoms with Crippen molar-refractivity contribution < 1.29 is 8.42 Å². The Labute approximate surface area is 95.3 Å². The van der Waals surface area contributed by atoms with Gasteiger partial charge in [-0.05, 0) is 18.1 Å². The normalized spacial score (nSPS) is 20.6. The van der Waals surface area contributed by atoms with E-state index >= 15 is 0 Å². The predicted molar refractivity (Wildman–Crippen MR) is 64.1 cm³/mol. The Bertz CT molecular complexity index is 529. The molecule has 0 aliphatic heterocycles. The highest BCUT2D eigenvalue weighted by Crippen LogP contribution is 2.27. The van der Waals surface area contributed by atoms with Crippen LogP contribution >= 0.6 is 0 Å². The van der Waals surface area contributed by atoms with Gasteiger partial charge in [-0.1, -0.05) is 42.5 Å². The summed E-state index contributed by atoms with van der Waals surface area (Å²) in [6.07, 6.45) is 5.81. The fraction of sp³-hybridized carbons (Fsp3) is 0.167. The zero-order valence-electron chi connectivity index (χ0n) is 8.71. The number of rotatable bonds is 2. The van der Waals surface area contributed by atoms with Gasteiger partial charge in [-0.2, -0.15) is 0 Å². The molecule has 0 radical (unpaired) electrons. The van der Waals surface area contributed by atoms with E-state index in [0.717, 1.165) is 0 Å². The molecule has 0 saturated heterocycles. The van der Waals surface area contributed by atoms with Crippen LogP contribution in [0.1, 0.15) is 17.9 Å². The van der Waals surface area contributed by atoms with Gasteiger partial charge in [0.05, 0.1) is 4.91 Å². The lowest BCUT2D eigenvalue weighted by Crippen LogP contribution is -2.15. The summed E-state index contributed by atoms with van der Waals surface area (Å²) in [5.74, 6) is 0.242. The minimum absolute atomic E-state index is 0.208. The first kappa shape index (κ1) is 11.1. The first-order valence-electron chi connectivity index (χ1n) is 5.03. The summed E-state index contributed by atoms with van der Waals surface area (Å²) < 4.78 is 22.2. The van der Waals surface area contributed by atoms with Crippen LogP contribution in [0, 0.1) is 0 Å². The van der Waals surface area contributed by atoms with Gasteiger partial charge in [0, 0.05) is 5.92 Å². The van der Waals surface area contributed by atoms with Crippen LogP contribution in [0.2, 0.25) is 0 Å². The second kappa shape index (κ2) is 4.23. The molecule has 2 N–H and O–H groups in total. The van der Waals surface area contributed by atoms with Crippen molar-refractivity contribution >= 4 is 10.0 Å². The molecular weight excluding hydrogens is 222 g/mol. The number of hydrogen-bond acceptors (Lipinski definition) is 2. The van der Waals surface area contributed by atoms with Gasteiger partial charge in [0.15, 0.2) is 0 Å². The van der Waals surface area contributed by atoms with E-state index in [1.165, 1.54) is 5.56 Å². The highest BCUT2D eigenvalue weighted by molar-refractivity contribution is 7.93. The molecule has 0 fully saturated rings. The molecule has 0 spiro atoms. The molecule has 1 aliphatic rings. The topological polar surface area (TPSA) is 60.2 Å². The van der Waals surface area contributed by atoms with Crippen molar-refractivity contribution in [3.8, 4) is 0 Å². The van der Waals surface area contributed by atoms with Crippen LogP contribution in [0.25, 0.3) is 0 Å². The number of sulfonamides is 1. The van der Waals surface area contributed by atoms with Crippen molar-refractivity contribution in [2.24, 2.45) is 5.14 Å². The predicted octanol–water partition coefficient (Wildman–Crippen LogP) is 1.90. The molecule has 2 rings (SSSR count). The molecule has 0 bridgehead atoms. The zero-order valence-corrected chi connectivity index (χ0v) is 9.52. The first-order valence-corrected chi connectivity index (χ1v) is 6.58. The van der Waals surface area contributed by atoms with E-state index in [4.69, 9.17) is 5.14 Å². The fourth-order valence-corrected chi connectivity index (χ4v) is 2.36. The molecular formula is C12H13NO2S. The first-order chi connectivity index (χ1) is 7.57. The number of hydrogen-bond donors (Lipinski definition) is 1. The Morgan fingerprint density at radius 1 is 1.19 bits per heavy atom. The van der Waals surface area contributed by atoms with Crippen LogP contribution in [-0.2, 0) is 10.0 Å². The van der Waals surface area contributed by atoms with Crippen LogP contribution in [-0.4, -0.2) is 8.42 Å². The summed E-state index contributed by atoms with van der Waals surface area (Å²) in [5.41, 5.74) is 1.18. The number of primary sulfonamides is 1. The van der Waals surface area contributed by atoms with Gasteiger partial charge < -0.3 is 0 Å². The number of benzene rings is 1. The van der Waals surface area contributed by atoms with Crippen LogP contribution in [0.5, 0.6) is 0 Å². The smallest absolute Gasteiger partial charge is 0.225 e. The standard InChI is InChI=1S/C12H13NO2S/c13-16(14,15)12-8-6-11(7-9-12)10-4-2-1-3-5-10/h1-6,8-9,11H,7H2,(H2,13,14,15). The quantitative estimate of drug-likeness (QED) is 0.851. The summed E-state index contributed by atoms with van der Waals surface area (Å²) >= 11 is 0. The SMILES string of the molecule is NS(=O)(=O)C1=CCC(c2ccccc2)C=C1. The molecule has 0 saturated carbocycles. The van der Waals surface area contributed by atoms with E-state index in [9.17, 15) is 8.42 Å². The van der Waals surface area contributed by atoms with Gasteiger partial charge in [-0.25, -0.2) is 13.6 Å². The number of allylic oxidation sites excluding steroid dienone is 3. The zero-order chi connectivity index (χ0) is 11.6. The largest absolute Gasteiger partial charge is 0.237 e. The third kappa shape index (κ3) is 2.40. The molecule has 0 heterocycles. The van der Waals surface area contributed by atoms with E-state index < -0.39 is 10.0 Å². The van der Waals surface area contributed by atoms with Crippen molar-refractivity contribution in [3.05, 3.63) is 59.0 Å². The maximum atomic E-state index is 11.1. The fourth-order valence-electron chi connectivity index (χ4n) is 1.76. The van der Waals surface area contributed by atoms with E-state index in [1.54, 1.807) is 12.2 Å². The third-order valence-electron chi connectivity index (χ3n) is 2.62. The molecule has 0 amide bonds. The van der Waals surface area contributed by atoms with E-state index in [1.807, 2.05) is 36.4 Å². The Morgan fingerprint density at radius 2 is 1.88 bits per heavy atom. The van der Waals surface area contributed by atoms with Gasteiger partial charge in [0.2, 0.25) is 10.0 Å². The number of nitrogens with two attached hydrogens (primary N) is 1. The van der Waals surface area contributed by atoms with Crippen LogP contribution in [0.15, 0.2) is 53.5 Å². The molecule has 84 valence electrons. The van der Waals surface area contributed by atoms with Gasteiger partial charge in [0.25, 0.3) is 0 Å². The van der Waals surface area contributed by atoms with Crippen molar-refractivity contribution in [1.29, 1.82) is 0 Å². The maximum absolute atomic E-state index is 11.1. The molecule has 1 aromatic rings. The molecule has 1 unspecified atom stereocenters. The lowest BCUT2D eigenvalue weighted by Gasteiger charge is -2.15. The Morgan fingerprint density at radius 3 is 2.38 bits per heavy atom. The van der Waals surface area contributed by atoms with E-state index in [-0.39, 0.29) is 10.8 Å². The van der Waals surface area contributed by atoms with Crippen LogP contribution < -0.4 is 5.14 Å². The summed E-state index contributed by atoms with van der Waals surface area (Å²) in [4.78, 5) is 0.208. The third-order valence-corrected chi connectivity index (χ3v) is 3.58. The van der Waals surface area contributed by atoms with Gasteiger partial charge in [0.1, 0.15) is 0 Å². The van der Waals surface area contributed by atoms with Crippen LogP contribution in [0.3, 0.4) is 0 Å². The lowest BCUT2D eigenvalue weighted by atomic mass is 9.93. The van der Waals surface area contributed by atoms with Gasteiger partial charge in [-0.3, -0.25) is 0 Å². The molecule has 1 aromatic carbocycles. The monoisotopic (exact) mass is 235 g/mol. The average molecular weight is 235 g/mol. The molecule has 0 aromatic heterocycles. The molecule has 16 heavy (non-hydrogen) atoms. The molecule has 1 aliphatic carbocycles. The average Bonchev–Trinajstić information content (AvgIpc) is 2.29. The summed E-state index contributed by atoms with van der Waals surface area (Å²) in [7, 11) is -3.56. The minimum atomic E-state index is -3.56.